The molecule has 13 heavy (non-hydrogen) atoms. The number of unbranched alkanes of at least 4 members (excludes halogenated alkanes) is 2. The molecule has 1 unspecified atom stereocenters. The molecule has 0 radical (unpaired) electrons. The third-order valence-electron chi connectivity index (χ3n) is 2.00. The van der Waals surface area contributed by atoms with Gasteiger partial charge in [-0.2, -0.15) is 0 Å². The quantitative estimate of drug-likeness (QED) is 0.643. The molecule has 0 aliphatic heterocycles. The highest BCUT2D eigenvalue weighted by molar-refractivity contribution is 4.49. The van der Waals surface area contributed by atoms with Gasteiger partial charge in [-0.1, -0.05) is 66.7 Å². The highest BCUT2D eigenvalue weighted by atomic mass is 16.2. The third kappa shape index (κ3) is 24.5. The number of hydrogen-bond donors (Lipinski definition) is 1. The summed E-state index contributed by atoms with van der Waals surface area (Å²) < 4.78 is 0. The summed E-state index contributed by atoms with van der Waals surface area (Å²) in [5, 5.41) is 7.00. The van der Waals surface area contributed by atoms with Crippen molar-refractivity contribution in [2.24, 2.45) is 5.92 Å². The molecule has 0 amide bonds. The molecule has 0 aromatic carbocycles. The Hall–Kier alpha value is -0.0400. The van der Waals surface area contributed by atoms with E-state index in [1.165, 1.54) is 32.1 Å². The summed E-state index contributed by atoms with van der Waals surface area (Å²) in [7, 11) is 1.00. The van der Waals surface area contributed by atoms with Gasteiger partial charge in [0.2, 0.25) is 0 Å². The van der Waals surface area contributed by atoms with Crippen LogP contribution in [0.4, 0.5) is 0 Å². The molecule has 0 saturated carbocycles. The lowest BCUT2D eigenvalue weighted by Gasteiger charge is -2.05. The van der Waals surface area contributed by atoms with Crippen molar-refractivity contribution in [1.82, 2.24) is 0 Å². The van der Waals surface area contributed by atoms with Crippen LogP contribution in [0.1, 0.15) is 66.7 Å². The molecule has 1 atom stereocenters. The van der Waals surface area contributed by atoms with E-state index in [-0.39, 0.29) is 0 Å². The summed E-state index contributed by atoms with van der Waals surface area (Å²) in [6.45, 7) is 10.9. The summed E-state index contributed by atoms with van der Waals surface area (Å²) in [6, 6.07) is 0. The fraction of sp³-hybridized carbons (Fsp3) is 1.00. The van der Waals surface area contributed by atoms with Crippen molar-refractivity contribution < 1.29 is 5.11 Å². The predicted octanol–water partition coefficient (Wildman–Crippen LogP) is 4.25. The van der Waals surface area contributed by atoms with Crippen LogP contribution < -0.4 is 0 Å². The van der Waals surface area contributed by atoms with E-state index in [0.717, 1.165) is 13.0 Å². The minimum atomic E-state index is 0.955. The lowest BCUT2D eigenvalue weighted by Crippen LogP contribution is -1.90. The normalized spacial score (nSPS) is 10.4. The molecule has 0 heterocycles. The third-order valence-corrected chi connectivity index (χ3v) is 2.00. The lowest BCUT2D eigenvalue weighted by molar-refractivity contribution is 0.399. The van der Waals surface area contributed by atoms with Gasteiger partial charge in [0.05, 0.1) is 0 Å². The van der Waals surface area contributed by atoms with Gasteiger partial charge in [0, 0.05) is 7.11 Å². The lowest BCUT2D eigenvalue weighted by atomic mass is 10.0. The van der Waals surface area contributed by atoms with Crippen molar-refractivity contribution >= 4 is 0 Å². The number of rotatable bonds is 5. The van der Waals surface area contributed by atoms with Crippen molar-refractivity contribution in [1.29, 1.82) is 0 Å². The van der Waals surface area contributed by atoms with Gasteiger partial charge in [-0.3, -0.25) is 0 Å². The zero-order chi connectivity index (χ0) is 11.1. The van der Waals surface area contributed by atoms with E-state index in [0.29, 0.717) is 0 Å². The van der Waals surface area contributed by atoms with Crippen LogP contribution in [0, 0.1) is 5.92 Å². The topological polar surface area (TPSA) is 20.2 Å². The van der Waals surface area contributed by atoms with Crippen LogP contribution in [0.2, 0.25) is 0 Å². The van der Waals surface area contributed by atoms with Crippen molar-refractivity contribution in [3.63, 3.8) is 0 Å². The van der Waals surface area contributed by atoms with Crippen molar-refractivity contribution in [3.05, 3.63) is 0 Å². The van der Waals surface area contributed by atoms with Gasteiger partial charge in [-0.25, -0.2) is 0 Å². The van der Waals surface area contributed by atoms with Gasteiger partial charge in [-0.15, -0.1) is 0 Å². The van der Waals surface area contributed by atoms with Crippen LogP contribution in [-0.4, -0.2) is 12.2 Å². The zero-order valence-electron chi connectivity index (χ0n) is 10.6. The van der Waals surface area contributed by atoms with E-state index in [1.807, 2.05) is 13.8 Å². The molecular weight excluding hydrogens is 160 g/mol. The molecule has 0 aliphatic rings. The van der Waals surface area contributed by atoms with E-state index in [9.17, 15) is 0 Å². The molecule has 0 saturated heterocycles. The average Bonchev–Trinajstić information content (AvgIpc) is 2.24. The second-order valence-electron chi connectivity index (χ2n) is 3.01. The summed E-state index contributed by atoms with van der Waals surface area (Å²) in [4.78, 5) is 0. The summed E-state index contributed by atoms with van der Waals surface area (Å²) in [6.07, 6.45) is 7.00. The van der Waals surface area contributed by atoms with Gasteiger partial charge in [0.15, 0.2) is 0 Å². The second-order valence-corrected chi connectivity index (χ2v) is 3.01. The largest absolute Gasteiger partial charge is 0.400 e. The molecule has 0 aliphatic carbocycles. The SMILES string of the molecule is CC.CCCCCC(C)CC.CO. The molecule has 0 fully saturated rings. The van der Waals surface area contributed by atoms with Gasteiger partial charge in [0.25, 0.3) is 0 Å². The van der Waals surface area contributed by atoms with Crippen molar-refractivity contribution in [2.75, 3.05) is 7.11 Å². The maximum absolute atomic E-state index is 7.00. The van der Waals surface area contributed by atoms with Crippen LogP contribution in [0.25, 0.3) is 0 Å². The Bertz CT molecular complexity index is 53.1. The maximum Gasteiger partial charge on any atom is 0.0319 e. The van der Waals surface area contributed by atoms with Gasteiger partial charge in [0.1, 0.15) is 0 Å². The van der Waals surface area contributed by atoms with Crippen LogP contribution in [0.5, 0.6) is 0 Å². The van der Waals surface area contributed by atoms with E-state index in [1.54, 1.807) is 0 Å². The highest BCUT2D eigenvalue weighted by Crippen LogP contribution is 2.11. The summed E-state index contributed by atoms with van der Waals surface area (Å²) in [5.74, 6) is 0.955. The van der Waals surface area contributed by atoms with Crippen LogP contribution in [0.15, 0.2) is 0 Å². The highest BCUT2D eigenvalue weighted by Gasteiger charge is 1.95. The average molecular weight is 190 g/mol. The molecule has 0 spiro atoms. The van der Waals surface area contributed by atoms with Gasteiger partial charge in [-0.05, 0) is 5.92 Å². The smallest absolute Gasteiger partial charge is 0.0319 e. The van der Waals surface area contributed by atoms with E-state index >= 15 is 0 Å². The van der Waals surface area contributed by atoms with Crippen LogP contribution >= 0.6 is 0 Å². The maximum atomic E-state index is 7.00. The summed E-state index contributed by atoms with van der Waals surface area (Å²) in [5.41, 5.74) is 0. The first-order valence-electron chi connectivity index (χ1n) is 5.76. The molecule has 84 valence electrons. The van der Waals surface area contributed by atoms with Crippen LogP contribution in [-0.2, 0) is 0 Å². The monoisotopic (exact) mass is 190 g/mol. The standard InChI is InChI=1S/C9H20.C2H6.CH4O/c1-4-6-7-8-9(3)5-2;2*1-2/h9H,4-8H2,1-3H3;1-2H3;2H,1H3. The van der Waals surface area contributed by atoms with E-state index in [4.69, 9.17) is 5.11 Å². The molecular formula is C12H30O. The first kappa shape index (κ1) is 18.7. The molecule has 0 bridgehead atoms. The van der Waals surface area contributed by atoms with Gasteiger partial charge < -0.3 is 5.11 Å². The minimum absolute atomic E-state index is 0.955. The fourth-order valence-electron chi connectivity index (χ4n) is 0.947. The first-order valence-corrected chi connectivity index (χ1v) is 5.76. The first-order chi connectivity index (χ1) is 6.31. The Balaban J connectivity index is -0.000000218. The Morgan fingerprint density at radius 2 is 1.46 bits per heavy atom. The van der Waals surface area contributed by atoms with Crippen LogP contribution in [0.3, 0.4) is 0 Å². The molecule has 1 heteroatoms. The molecule has 1 N–H and O–H groups in total. The van der Waals surface area contributed by atoms with Crippen molar-refractivity contribution in [3.8, 4) is 0 Å². The predicted molar refractivity (Wildman–Crippen MR) is 63.1 cm³/mol. The Labute approximate surface area is 85.6 Å². The van der Waals surface area contributed by atoms with E-state index < -0.39 is 0 Å². The Kier molecular flexibility index (Phi) is 32.6. The molecule has 0 aromatic rings. The fourth-order valence-corrected chi connectivity index (χ4v) is 0.947. The van der Waals surface area contributed by atoms with Gasteiger partial charge >= 0.3 is 0 Å². The molecule has 0 rings (SSSR count). The molecule has 0 aromatic heterocycles. The van der Waals surface area contributed by atoms with E-state index in [2.05, 4.69) is 20.8 Å². The Morgan fingerprint density at radius 3 is 1.77 bits per heavy atom. The minimum Gasteiger partial charge on any atom is -0.400 e. The second kappa shape index (κ2) is 22.7. The number of aliphatic hydroxyl groups is 1. The molecule has 1 nitrogen and oxygen atoms in total. The Morgan fingerprint density at radius 1 is 1.00 bits per heavy atom. The number of hydrogen-bond acceptors (Lipinski definition) is 1. The number of aliphatic hydroxyl groups excluding tert-OH is 1. The summed E-state index contributed by atoms with van der Waals surface area (Å²) >= 11 is 0. The van der Waals surface area contributed by atoms with Crippen molar-refractivity contribution in [2.45, 2.75) is 66.7 Å². The zero-order valence-corrected chi connectivity index (χ0v) is 10.6.